The lowest BCUT2D eigenvalue weighted by molar-refractivity contribution is -0.130. The summed E-state index contributed by atoms with van der Waals surface area (Å²) >= 11 is 0. The normalized spacial score (nSPS) is 21.5. The zero-order chi connectivity index (χ0) is 22.8. The van der Waals surface area contributed by atoms with Crippen LogP contribution in [0.5, 0.6) is 0 Å². The van der Waals surface area contributed by atoms with Gasteiger partial charge in [0.25, 0.3) is 0 Å². The fourth-order valence-electron chi connectivity index (χ4n) is 4.26. The molecule has 1 unspecified atom stereocenters. The second kappa shape index (κ2) is 9.16. The minimum Gasteiger partial charge on any atom is -0.338 e. The number of amides is 3. The van der Waals surface area contributed by atoms with E-state index in [1.165, 1.54) is 4.31 Å². The number of rotatable bonds is 6. The lowest BCUT2D eigenvalue weighted by Crippen LogP contribution is -2.54. The van der Waals surface area contributed by atoms with Gasteiger partial charge in [-0.3, -0.25) is 4.79 Å². The van der Waals surface area contributed by atoms with Crippen molar-refractivity contribution in [1.29, 1.82) is 0 Å². The van der Waals surface area contributed by atoms with E-state index in [0.29, 0.717) is 11.4 Å². The summed E-state index contributed by atoms with van der Waals surface area (Å²) in [5.74, 6) is -0.0793. The van der Waals surface area contributed by atoms with E-state index >= 15 is 0 Å². The van der Waals surface area contributed by atoms with E-state index in [1.807, 2.05) is 37.8 Å². The molecule has 0 spiro atoms. The molecular weight excluding hydrogens is 416 g/mol. The number of benzene rings is 1. The van der Waals surface area contributed by atoms with Crippen LogP contribution in [-0.4, -0.2) is 61.3 Å². The van der Waals surface area contributed by atoms with Gasteiger partial charge in [-0.05, 0) is 36.3 Å². The van der Waals surface area contributed by atoms with Crippen LogP contribution in [0.25, 0.3) is 0 Å². The van der Waals surface area contributed by atoms with E-state index in [0.717, 1.165) is 31.4 Å². The maximum absolute atomic E-state index is 12.9. The van der Waals surface area contributed by atoms with Crippen LogP contribution >= 0.6 is 0 Å². The number of hydrogen-bond donors (Lipinski definition) is 2. The maximum Gasteiger partial charge on any atom is 0.315 e. The molecule has 0 aliphatic carbocycles. The molecule has 1 saturated heterocycles. The highest BCUT2D eigenvalue weighted by Crippen LogP contribution is 2.32. The highest BCUT2D eigenvalue weighted by Gasteiger charge is 2.38. The molecule has 0 aromatic heterocycles. The Balaban J connectivity index is 1.61. The van der Waals surface area contributed by atoms with Crippen molar-refractivity contribution in [1.82, 2.24) is 19.8 Å². The first-order valence-corrected chi connectivity index (χ1v) is 12.4. The van der Waals surface area contributed by atoms with E-state index in [1.54, 1.807) is 12.1 Å². The number of carbonyl (C=O) groups is 2. The summed E-state index contributed by atoms with van der Waals surface area (Å²) in [5, 5.41) is 5.55. The van der Waals surface area contributed by atoms with E-state index in [-0.39, 0.29) is 30.5 Å². The smallest absolute Gasteiger partial charge is 0.315 e. The number of nitrogens with zero attached hydrogens (tertiary/aromatic N) is 2. The summed E-state index contributed by atoms with van der Waals surface area (Å²) in [6.45, 7) is 9.05. The van der Waals surface area contributed by atoms with Gasteiger partial charge >= 0.3 is 6.03 Å². The predicted molar refractivity (Wildman–Crippen MR) is 119 cm³/mol. The number of likely N-dealkylation sites (tertiary alicyclic amines) is 1. The lowest BCUT2D eigenvalue weighted by atomic mass is 9.86. The van der Waals surface area contributed by atoms with E-state index in [2.05, 4.69) is 17.6 Å². The molecule has 8 nitrogen and oxygen atoms in total. The van der Waals surface area contributed by atoms with Gasteiger partial charge in [0.1, 0.15) is 0 Å². The number of fused-ring (bicyclic) bond motifs is 1. The van der Waals surface area contributed by atoms with Gasteiger partial charge in [-0.25, -0.2) is 13.2 Å². The number of urea groups is 1. The topological polar surface area (TPSA) is 98.8 Å². The van der Waals surface area contributed by atoms with Crippen molar-refractivity contribution in [3.8, 4) is 0 Å². The summed E-state index contributed by atoms with van der Waals surface area (Å²) in [4.78, 5) is 27.2. The summed E-state index contributed by atoms with van der Waals surface area (Å²) in [7, 11) is -3.58. The molecule has 1 aromatic rings. The van der Waals surface area contributed by atoms with Crippen molar-refractivity contribution in [2.24, 2.45) is 5.41 Å². The maximum atomic E-state index is 12.9. The van der Waals surface area contributed by atoms with Crippen LogP contribution < -0.4 is 10.6 Å². The zero-order valence-electron chi connectivity index (χ0n) is 18.8. The molecule has 0 radical (unpaired) electrons. The van der Waals surface area contributed by atoms with Crippen LogP contribution in [-0.2, 0) is 21.4 Å². The summed E-state index contributed by atoms with van der Waals surface area (Å²) in [6, 6.07) is 6.33. The summed E-state index contributed by atoms with van der Waals surface area (Å²) < 4.78 is 27.2. The van der Waals surface area contributed by atoms with Crippen LogP contribution in [0, 0.1) is 5.41 Å². The van der Waals surface area contributed by atoms with Gasteiger partial charge < -0.3 is 15.5 Å². The van der Waals surface area contributed by atoms with Crippen molar-refractivity contribution in [3.05, 3.63) is 29.8 Å². The molecular formula is C22H34N4O4S. The molecule has 2 aliphatic heterocycles. The van der Waals surface area contributed by atoms with E-state index in [9.17, 15) is 18.0 Å². The first-order chi connectivity index (χ1) is 14.5. The molecule has 2 aliphatic rings. The van der Waals surface area contributed by atoms with Crippen molar-refractivity contribution < 1.29 is 18.0 Å². The van der Waals surface area contributed by atoms with Gasteiger partial charge in [-0.1, -0.05) is 45.9 Å². The molecule has 2 heterocycles. The standard InChI is InChI=1S/C22H34N4O4S/c1-5-17-10-8-12-26(17)20(27)13-23-21(28)24-19(22(2,3)4)15-25-14-16-9-6-7-11-18(16)31(25,29)30/h6-7,9,11,17,19H,5,8,10,12-15H2,1-4H3,(H2,23,24,28)/t17-,19?/m1/s1. The Morgan fingerprint density at radius 1 is 1.23 bits per heavy atom. The third-order valence-electron chi connectivity index (χ3n) is 6.24. The Labute approximate surface area is 185 Å². The Bertz CT molecular complexity index is 926. The Kier molecular flexibility index (Phi) is 6.95. The average Bonchev–Trinajstić information content (AvgIpc) is 3.28. The average molecular weight is 451 g/mol. The molecule has 172 valence electrons. The molecule has 2 atom stereocenters. The van der Waals surface area contributed by atoms with Crippen molar-refractivity contribution in [3.63, 3.8) is 0 Å². The van der Waals surface area contributed by atoms with Crippen molar-refractivity contribution >= 4 is 22.0 Å². The van der Waals surface area contributed by atoms with Crippen molar-refractivity contribution in [2.75, 3.05) is 19.6 Å². The molecule has 1 fully saturated rings. The Morgan fingerprint density at radius 2 is 1.94 bits per heavy atom. The quantitative estimate of drug-likeness (QED) is 0.695. The second-order valence-corrected chi connectivity index (χ2v) is 11.3. The third kappa shape index (κ3) is 5.20. The SMILES string of the molecule is CC[C@@H]1CCCN1C(=O)CNC(=O)NC(CN1Cc2ccccc2S1(=O)=O)C(C)(C)C. The number of carbonyl (C=O) groups excluding carboxylic acids is 2. The first kappa shape index (κ1) is 23.5. The molecule has 31 heavy (non-hydrogen) atoms. The van der Waals surface area contributed by atoms with Crippen LogP contribution in [0.2, 0.25) is 0 Å². The zero-order valence-corrected chi connectivity index (χ0v) is 19.7. The highest BCUT2D eigenvalue weighted by molar-refractivity contribution is 7.89. The van der Waals surface area contributed by atoms with Crippen LogP contribution in [0.4, 0.5) is 4.79 Å². The fourth-order valence-corrected chi connectivity index (χ4v) is 5.90. The molecule has 9 heteroatoms. The van der Waals surface area contributed by atoms with Gasteiger partial charge in [0, 0.05) is 31.7 Å². The summed E-state index contributed by atoms with van der Waals surface area (Å²) in [6.07, 6.45) is 2.92. The molecule has 0 bridgehead atoms. The van der Waals surface area contributed by atoms with Gasteiger partial charge in [-0.15, -0.1) is 0 Å². The second-order valence-electron chi connectivity index (χ2n) is 9.44. The first-order valence-electron chi connectivity index (χ1n) is 11.0. The molecule has 2 N–H and O–H groups in total. The number of hydrogen-bond acceptors (Lipinski definition) is 4. The lowest BCUT2D eigenvalue weighted by Gasteiger charge is -2.34. The van der Waals surface area contributed by atoms with Gasteiger partial charge in [0.05, 0.1) is 11.4 Å². The molecule has 0 saturated carbocycles. The number of nitrogens with one attached hydrogen (secondary N) is 2. The summed E-state index contributed by atoms with van der Waals surface area (Å²) in [5.41, 5.74) is 0.384. The van der Waals surface area contributed by atoms with Crippen LogP contribution in [0.1, 0.15) is 52.5 Å². The molecule has 3 amide bonds. The Morgan fingerprint density at radius 3 is 2.58 bits per heavy atom. The monoisotopic (exact) mass is 450 g/mol. The van der Waals surface area contributed by atoms with Gasteiger partial charge in [-0.2, -0.15) is 4.31 Å². The fraction of sp³-hybridized carbons (Fsp3) is 0.636. The predicted octanol–water partition coefficient (Wildman–Crippen LogP) is 2.31. The number of sulfonamides is 1. The van der Waals surface area contributed by atoms with Crippen LogP contribution in [0.15, 0.2) is 29.2 Å². The minimum absolute atomic E-state index is 0.0628. The van der Waals surface area contributed by atoms with Gasteiger partial charge in [0.15, 0.2) is 0 Å². The molecule has 3 rings (SSSR count). The van der Waals surface area contributed by atoms with Gasteiger partial charge in [0.2, 0.25) is 15.9 Å². The van der Waals surface area contributed by atoms with E-state index in [4.69, 9.17) is 0 Å². The molecule has 1 aromatic carbocycles. The highest BCUT2D eigenvalue weighted by atomic mass is 32.2. The Hall–Kier alpha value is -2.13. The van der Waals surface area contributed by atoms with Crippen LogP contribution in [0.3, 0.4) is 0 Å². The minimum atomic E-state index is -3.58. The largest absolute Gasteiger partial charge is 0.338 e. The van der Waals surface area contributed by atoms with Crippen molar-refractivity contribution in [2.45, 2.75) is 70.5 Å². The third-order valence-corrected chi connectivity index (χ3v) is 8.16. The van der Waals surface area contributed by atoms with E-state index < -0.39 is 22.1 Å².